The third-order valence-electron chi connectivity index (χ3n) is 16.7. The minimum atomic E-state index is -4.61. The number of rotatable bonds is 12. The summed E-state index contributed by atoms with van der Waals surface area (Å²) < 4.78 is 43.1. The number of nitro benzene ring substituents is 1. The predicted octanol–water partition coefficient (Wildman–Crippen LogP) is 9.79. The lowest BCUT2D eigenvalue weighted by molar-refractivity contribution is -0.384. The van der Waals surface area contributed by atoms with Crippen LogP contribution >= 0.6 is 11.3 Å². The van der Waals surface area contributed by atoms with E-state index in [1.54, 1.807) is 10.9 Å². The van der Waals surface area contributed by atoms with E-state index < -0.39 is 43.1 Å². The van der Waals surface area contributed by atoms with E-state index in [0.29, 0.717) is 85.3 Å². The number of hydrogen-bond donors (Lipinski definition) is 4. The number of H-pyrrole nitrogens is 1. The second-order valence-electron chi connectivity index (χ2n) is 21.8. The first kappa shape index (κ1) is 48.0. The number of aliphatic hydroxyl groups is 1. The van der Waals surface area contributed by atoms with Crippen molar-refractivity contribution in [2.75, 3.05) is 54.5 Å². The van der Waals surface area contributed by atoms with E-state index in [0.717, 1.165) is 62.5 Å². The molecule has 18 heteroatoms. The first-order valence-corrected chi connectivity index (χ1v) is 28.1. The Morgan fingerprint density at radius 3 is 2.58 bits per heavy atom. The molecule has 5 aromatic rings. The van der Waals surface area contributed by atoms with Crippen LogP contribution in [0.25, 0.3) is 11.0 Å². The van der Waals surface area contributed by atoms with Crippen molar-refractivity contribution < 1.29 is 32.7 Å². The number of fused-ring (bicyclic) bond motifs is 3. The molecule has 7 heterocycles. The van der Waals surface area contributed by atoms with Crippen LogP contribution in [0, 0.1) is 21.4 Å². The van der Waals surface area contributed by atoms with Crippen molar-refractivity contribution in [3.05, 3.63) is 92.3 Å². The number of carbonyl (C=O) groups is 1. The fourth-order valence-corrected chi connectivity index (χ4v) is 14.8. The first-order chi connectivity index (χ1) is 34.1. The number of ether oxygens (including phenoxy) is 2. The molecule has 0 unspecified atom stereocenters. The zero-order valence-corrected chi connectivity index (χ0v) is 42.5. The van der Waals surface area contributed by atoms with Crippen molar-refractivity contribution in [2.45, 2.75) is 138 Å². The van der Waals surface area contributed by atoms with Gasteiger partial charge < -0.3 is 34.7 Å². The number of aromatic amines is 1. The van der Waals surface area contributed by atoms with Gasteiger partial charge in [-0.3, -0.25) is 19.8 Å². The van der Waals surface area contributed by atoms with Gasteiger partial charge in [0.1, 0.15) is 23.1 Å². The summed E-state index contributed by atoms with van der Waals surface area (Å²) in [6.07, 6.45) is 13.1. The van der Waals surface area contributed by atoms with Crippen LogP contribution in [0.5, 0.6) is 5.88 Å². The average molecular weight is 1010 g/mol. The van der Waals surface area contributed by atoms with Crippen LogP contribution in [0.15, 0.2) is 71.1 Å². The molecular formula is C53H66N8O8S2. The Balaban J connectivity index is 0.865. The number of likely N-dealkylation sites (tertiary alicyclic amines) is 1. The molecule has 4 aliphatic heterocycles. The van der Waals surface area contributed by atoms with Crippen molar-refractivity contribution >= 4 is 66.7 Å². The summed E-state index contributed by atoms with van der Waals surface area (Å²) in [6.45, 7) is 10.5. The van der Waals surface area contributed by atoms with Gasteiger partial charge in [-0.1, -0.05) is 20.3 Å². The topological polar surface area (TPSA) is 196 Å². The van der Waals surface area contributed by atoms with Gasteiger partial charge >= 0.3 is 0 Å². The Labute approximate surface area is 419 Å². The fourth-order valence-electron chi connectivity index (χ4n) is 12.6. The Morgan fingerprint density at radius 1 is 1.00 bits per heavy atom. The number of carbonyl (C=O) groups excluding carboxylic acids is 1. The zero-order chi connectivity index (χ0) is 49.2. The Kier molecular flexibility index (Phi) is 12.8. The van der Waals surface area contributed by atoms with E-state index in [2.05, 4.69) is 55.0 Å². The van der Waals surface area contributed by atoms with Gasteiger partial charge in [-0.05, 0) is 161 Å². The molecule has 2 saturated carbocycles. The summed E-state index contributed by atoms with van der Waals surface area (Å²) in [7, 11) is -4.61. The quantitative estimate of drug-likeness (QED) is 0.0682. The number of sulfonamides is 1. The van der Waals surface area contributed by atoms with Crippen LogP contribution < -0.4 is 24.6 Å². The predicted molar refractivity (Wildman–Crippen MR) is 276 cm³/mol. The first-order valence-electron chi connectivity index (χ1n) is 25.7. The number of nitro groups is 1. The van der Waals surface area contributed by atoms with Gasteiger partial charge in [-0.25, -0.2) is 13.1 Å². The van der Waals surface area contributed by atoms with Crippen molar-refractivity contribution in [3.63, 3.8) is 0 Å². The number of nitrogens with one attached hydrogen (secondary N) is 3. The number of pyridine rings is 1. The molecule has 6 aliphatic rings. The lowest BCUT2D eigenvalue weighted by Crippen LogP contribution is -2.56. The molecule has 0 bridgehead atoms. The summed E-state index contributed by atoms with van der Waals surface area (Å²) >= 11 is 1.94. The van der Waals surface area contributed by atoms with Gasteiger partial charge in [-0.2, -0.15) is 4.98 Å². The SMILES string of the molecule is CC(C)c1ccsc1[C@@H]1CCCCN1C1CC2(CCN(c3ccc(C(=O)NS(=O)(=O)c4ccc(NCC5CCC(C)(O)CC5)c([N+](=O)[O-])c4)c(N4c5cc6cc[nH]c6nc5O[C@H]5COCC[C@@H]54)c3)CC2)C1. The maximum absolute atomic E-state index is 14.7. The van der Waals surface area contributed by atoms with Crippen molar-refractivity contribution in [1.29, 1.82) is 0 Å². The van der Waals surface area contributed by atoms with Crippen molar-refractivity contribution in [1.82, 2.24) is 19.6 Å². The number of thiophene rings is 1. The maximum atomic E-state index is 14.7. The van der Waals surface area contributed by atoms with E-state index in [-0.39, 0.29) is 23.2 Å². The van der Waals surface area contributed by atoms with Crippen LogP contribution in [0.2, 0.25) is 0 Å². The van der Waals surface area contributed by atoms with Gasteiger partial charge in [0, 0.05) is 66.5 Å². The molecule has 0 radical (unpaired) electrons. The molecule has 3 atom stereocenters. The number of anilines is 4. The number of piperidine rings is 2. The third-order valence-corrected chi connectivity index (χ3v) is 19.1. The third kappa shape index (κ3) is 9.39. The number of nitrogens with zero attached hydrogens (tertiary/aromatic N) is 5. The number of amides is 1. The number of hydrogen-bond acceptors (Lipinski definition) is 14. The van der Waals surface area contributed by atoms with E-state index >= 15 is 0 Å². The van der Waals surface area contributed by atoms with Crippen molar-refractivity contribution in [3.8, 4) is 5.88 Å². The van der Waals surface area contributed by atoms with Crippen LogP contribution in [0.4, 0.5) is 28.4 Å². The normalized spacial score (nSPS) is 25.9. The highest BCUT2D eigenvalue weighted by molar-refractivity contribution is 7.90. The summed E-state index contributed by atoms with van der Waals surface area (Å²) in [5.74, 6) is 0.233. The lowest BCUT2D eigenvalue weighted by atomic mass is 9.59. The zero-order valence-electron chi connectivity index (χ0n) is 40.9. The number of aromatic nitrogens is 2. The molecule has 1 amide bonds. The van der Waals surface area contributed by atoms with Crippen LogP contribution in [-0.2, 0) is 14.8 Å². The number of benzene rings is 2. The lowest BCUT2D eigenvalue weighted by Gasteiger charge is -2.57. The van der Waals surface area contributed by atoms with Crippen LogP contribution in [0.1, 0.15) is 131 Å². The highest BCUT2D eigenvalue weighted by Gasteiger charge is 2.50. The molecule has 11 rings (SSSR count). The van der Waals surface area contributed by atoms with E-state index in [4.69, 9.17) is 14.5 Å². The highest BCUT2D eigenvalue weighted by Crippen LogP contribution is 2.55. The standard InChI is InChI=1S/C53H66N8O8S2/c1-33(2)39-15-25-70-48(39)43-6-4-5-21-59(43)37-29-53(30-37)18-22-58(23-19-53)36-7-9-40(44(27-36)60-42-14-24-68-32-47(42)69-51-46(60)26-35-13-20-54-49(35)56-51)50(62)57-71(66,67)38-8-10-41(45(28-38)61(64)65)55-31-34-11-16-52(3,63)17-12-34/h7-10,13,15,20,25-28,33-34,37,42-43,47,55,63H,4-6,11-12,14,16-19,21-24,29-32H2,1-3H3,(H,54,56)(H,57,62)/t34?,42-,43-,47-,52?/m0/s1. The molecule has 71 heavy (non-hydrogen) atoms. The molecule has 1 spiro atoms. The molecule has 5 fully saturated rings. The maximum Gasteiger partial charge on any atom is 0.293 e. The van der Waals surface area contributed by atoms with Gasteiger partial charge in [0.15, 0.2) is 0 Å². The minimum absolute atomic E-state index is 0.126. The Hall–Kier alpha value is -5.27. The van der Waals surface area contributed by atoms with E-state index in [9.17, 15) is 28.4 Å². The molecule has 3 saturated heterocycles. The van der Waals surface area contributed by atoms with Crippen LogP contribution in [0.3, 0.4) is 0 Å². The fraction of sp³-hybridized carbons (Fsp3) is 0.547. The Bertz CT molecular complexity index is 2910. The smallest absolute Gasteiger partial charge is 0.293 e. The largest absolute Gasteiger partial charge is 0.468 e. The van der Waals surface area contributed by atoms with Gasteiger partial charge in [0.25, 0.3) is 21.6 Å². The summed E-state index contributed by atoms with van der Waals surface area (Å²) in [4.78, 5) is 43.0. The highest BCUT2D eigenvalue weighted by atomic mass is 32.2. The van der Waals surface area contributed by atoms with Gasteiger partial charge in [-0.15, -0.1) is 11.3 Å². The summed E-state index contributed by atoms with van der Waals surface area (Å²) in [5, 5.41) is 29.0. The molecule has 2 aromatic carbocycles. The van der Waals surface area contributed by atoms with Crippen LogP contribution in [-0.4, -0.2) is 102 Å². The average Bonchev–Trinajstić information content (AvgIpc) is 4.04. The summed E-state index contributed by atoms with van der Waals surface area (Å²) in [5.41, 5.74) is 3.74. The summed E-state index contributed by atoms with van der Waals surface area (Å²) in [6, 6.07) is 16.4. The van der Waals surface area contributed by atoms with Gasteiger partial charge in [0.2, 0.25) is 5.88 Å². The Morgan fingerprint density at radius 2 is 1.80 bits per heavy atom. The monoisotopic (exact) mass is 1010 g/mol. The molecule has 4 N–H and O–H groups in total. The second-order valence-corrected chi connectivity index (χ2v) is 24.4. The second kappa shape index (κ2) is 19.0. The molecular weight excluding hydrogens is 941 g/mol. The minimum Gasteiger partial charge on any atom is -0.468 e. The van der Waals surface area contributed by atoms with E-state index in [1.165, 1.54) is 49.8 Å². The van der Waals surface area contributed by atoms with Gasteiger partial charge in [0.05, 0.1) is 39.3 Å². The van der Waals surface area contributed by atoms with E-state index in [1.807, 2.05) is 48.7 Å². The molecule has 2 aliphatic carbocycles. The molecule has 16 nitrogen and oxygen atoms in total. The molecule has 378 valence electrons. The molecule has 3 aromatic heterocycles. The van der Waals surface area contributed by atoms with Crippen molar-refractivity contribution in [2.24, 2.45) is 11.3 Å².